The normalized spacial score (nSPS) is 16.0. The molecule has 36 heavy (non-hydrogen) atoms. The molecule has 1 aliphatic carbocycles. The van der Waals surface area contributed by atoms with E-state index in [1.807, 2.05) is 12.1 Å². The monoisotopic (exact) mass is 476 g/mol. The van der Waals surface area contributed by atoms with Gasteiger partial charge in [0.2, 0.25) is 5.69 Å². The first-order valence-electron chi connectivity index (χ1n) is 15.0. The van der Waals surface area contributed by atoms with Gasteiger partial charge in [0.1, 0.15) is 18.2 Å². The van der Waals surface area contributed by atoms with E-state index in [0.29, 0.717) is 17.1 Å². The Bertz CT molecular complexity index is 1930. The Hall–Kier alpha value is -3.90. The van der Waals surface area contributed by atoms with Crippen molar-refractivity contribution in [2.24, 2.45) is 7.05 Å². The molecule has 1 aliphatic rings. The highest BCUT2D eigenvalue weighted by Gasteiger charge is 2.29. The van der Waals surface area contributed by atoms with Gasteiger partial charge >= 0.3 is 0 Å². The lowest BCUT2D eigenvalue weighted by Crippen LogP contribution is -2.37. The second-order valence-electron chi connectivity index (χ2n) is 9.94. The zero-order chi connectivity index (χ0) is 29.3. The zero-order valence-corrected chi connectivity index (χ0v) is 21.1. The van der Waals surface area contributed by atoms with E-state index in [1.165, 1.54) is 42.5 Å². The number of rotatable bonds is 3. The Labute approximate surface area is 219 Å². The standard InChI is InChI=1S/C33H31N2O/c1-20-15-16-25-26-17-18-27(34-4)31(24-11-7-6-8-12-24)33(26)36-32(25)30(20)28-19-21(2)29(22(3)35(28)5)23-13-9-10-14-23/h6-8,11-12,15-19,23H,9-10,13-14H2,1-3,5H3/q+1/i6D,7D,8D,11D,12D. The first-order chi connectivity index (χ1) is 19.6. The molecular formula is C33H31N2O+. The average molecular weight is 477 g/mol. The van der Waals surface area contributed by atoms with Crippen molar-refractivity contribution < 1.29 is 15.8 Å². The van der Waals surface area contributed by atoms with Gasteiger partial charge in [-0.05, 0) is 49.3 Å². The number of pyridine rings is 1. The number of aryl methyl sites for hydroxylation is 2. The third kappa shape index (κ3) is 3.36. The fourth-order valence-corrected chi connectivity index (χ4v) is 6.12. The summed E-state index contributed by atoms with van der Waals surface area (Å²) in [5, 5.41) is 1.58. The highest BCUT2D eigenvalue weighted by Crippen LogP contribution is 2.45. The van der Waals surface area contributed by atoms with E-state index in [0.717, 1.165) is 27.6 Å². The van der Waals surface area contributed by atoms with Gasteiger partial charge in [0.25, 0.3) is 0 Å². The minimum absolute atomic E-state index is 0.0249. The third-order valence-electron chi connectivity index (χ3n) is 7.92. The van der Waals surface area contributed by atoms with Gasteiger partial charge in [-0.3, -0.25) is 0 Å². The molecule has 6 rings (SSSR count). The van der Waals surface area contributed by atoms with E-state index < -0.39 is 18.1 Å². The van der Waals surface area contributed by atoms with Crippen molar-refractivity contribution in [1.82, 2.24) is 0 Å². The predicted octanol–water partition coefficient (Wildman–Crippen LogP) is 8.88. The minimum atomic E-state index is -0.470. The van der Waals surface area contributed by atoms with Crippen molar-refractivity contribution >= 4 is 27.6 Å². The molecule has 0 unspecified atom stereocenters. The molecule has 0 aliphatic heterocycles. The summed E-state index contributed by atoms with van der Waals surface area (Å²) in [7, 11) is 2.10. The molecule has 0 radical (unpaired) electrons. The number of nitrogens with zero attached hydrogens (tertiary/aromatic N) is 2. The smallest absolute Gasteiger partial charge is 0.216 e. The van der Waals surface area contributed by atoms with Gasteiger partial charge in [-0.2, -0.15) is 4.57 Å². The molecule has 0 amide bonds. The first kappa shape index (κ1) is 17.5. The largest absolute Gasteiger partial charge is 0.456 e. The fourth-order valence-electron chi connectivity index (χ4n) is 6.12. The maximum Gasteiger partial charge on any atom is 0.216 e. The summed E-state index contributed by atoms with van der Waals surface area (Å²) in [6.45, 7) is 14.3. The molecule has 3 aromatic carbocycles. The summed E-state index contributed by atoms with van der Waals surface area (Å²) in [5.41, 5.74) is 8.33. The van der Waals surface area contributed by atoms with Gasteiger partial charge in [-0.15, -0.1) is 0 Å². The van der Waals surface area contributed by atoms with Crippen LogP contribution in [0.4, 0.5) is 5.69 Å². The van der Waals surface area contributed by atoms with Crippen LogP contribution >= 0.6 is 0 Å². The Morgan fingerprint density at radius 3 is 2.28 bits per heavy atom. The maximum absolute atomic E-state index is 8.61. The molecule has 0 atom stereocenters. The summed E-state index contributed by atoms with van der Waals surface area (Å²) in [6, 6.07) is 7.71. The lowest BCUT2D eigenvalue weighted by Gasteiger charge is -2.17. The predicted molar refractivity (Wildman–Crippen MR) is 147 cm³/mol. The Balaban J connectivity index is 1.69. The number of furan rings is 1. The third-order valence-corrected chi connectivity index (χ3v) is 7.92. The summed E-state index contributed by atoms with van der Waals surface area (Å²) in [5.74, 6) is 0.588. The van der Waals surface area contributed by atoms with Gasteiger partial charge in [0, 0.05) is 34.9 Å². The minimum Gasteiger partial charge on any atom is -0.456 e. The van der Waals surface area contributed by atoms with E-state index in [-0.39, 0.29) is 28.9 Å². The van der Waals surface area contributed by atoms with Crippen LogP contribution in [-0.2, 0) is 7.05 Å². The highest BCUT2D eigenvalue weighted by molar-refractivity contribution is 6.15. The Kier molecular flexibility index (Phi) is 4.21. The van der Waals surface area contributed by atoms with Crippen LogP contribution in [0.2, 0.25) is 0 Å². The molecule has 5 aromatic rings. The van der Waals surface area contributed by atoms with Gasteiger partial charge in [0.05, 0.1) is 19.0 Å². The summed E-state index contributed by atoms with van der Waals surface area (Å²) >= 11 is 0. The number of aromatic nitrogens is 1. The molecule has 2 aromatic heterocycles. The quantitative estimate of drug-likeness (QED) is 0.188. The van der Waals surface area contributed by atoms with Crippen molar-refractivity contribution in [3.63, 3.8) is 0 Å². The van der Waals surface area contributed by atoms with E-state index in [2.05, 4.69) is 49.4 Å². The number of hydrogen-bond donors (Lipinski definition) is 0. The number of hydrogen-bond acceptors (Lipinski definition) is 1. The Morgan fingerprint density at radius 1 is 0.917 bits per heavy atom. The molecule has 0 saturated heterocycles. The molecule has 1 saturated carbocycles. The van der Waals surface area contributed by atoms with Crippen molar-refractivity contribution in [3.8, 4) is 22.4 Å². The summed E-state index contributed by atoms with van der Waals surface area (Å²) < 4.78 is 50.6. The molecule has 0 bridgehead atoms. The van der Waals surface area contributed by atoms with Crippen molar-refractivity contribution in [2.75, 3.05) is 0 Å². The number of benzene rings is 3. The average Bonchev–Trinajstić information content (AvgIpc) is 3.61. The molecule has 0 N–H and O–H groups in total. The Morgan fingerprint density at radius 2 is 1.58 bits per heavy atom. The van der Waals surface area contributed by atoms with Crippen molar-refractivity contribution in [3.05, 3.63) is 94.3 Å². The SMILES string of the molecule is [2H]c1c([2H])c([2H])c(-c2c([N+]#[C-])ccc3c2oc2c(-c4cc(C)c(C5CCCC5)c(C)[n+]4C)c(C)ccc23)c([2H])c1[2H]. The van der Waals surface area contributed by atoms with E-state index in [4.69, 9.17) is 17.8 Å². The van der Waals surface area contributed by atoms with E-state index in [1.54, 1.807) is 6.07 Å². The lowest BCUT2D eigenvalue weighted by molar-refractivity contribution is -0.667. The summed E-state index contributed by atoms with van der Waals surface area (Å²) in [4.78, 5) is 3.66. The van der Waals surface area contributed by atoms with Crippen molar-refractivity contribution in [2.45, 2.75) is 52.4 Å². The molecule has 178 valence electrons. The molecule has 3 heteroatoms. The van der Waals surface area contributed by atoms with Gasteiger partial charge < -0.3 is 4.42 Å². The van der Waals surface area contributed by atoms with Crippen LogP contribution in [-0.4, -0.2) is 0 Å². The van der Waals surface area contributed by atoms with Crippen LogP contribution in [0.1, 0.15) is 60.8 Å². The fraction of sp³-hybridized carbons (Fsp3) is 0.273. The summed E-state index contributed by atoms with van der Waals surface area (Å²) in [6.07, 6.45) is 5.00. The second kappa shape index (κ2) is 8.64. The molecule has 3 nitrogen and oxygen atoms in total. The van der Waals surface area contributed by atoms with Gasteiger partial charge in [0.15, 0.2) is 11.4 Å². The highest BCUT2D eigenvalue weighted by atomic mass is 16.3. The molecular weight excluding hydrogens is 440 g/mol. The van der Waals surface area contributed by atoms with Gasteiger partial charge in [-0.1, -0.05) is 67.3 Å². The van der Waals surface area contributed by atoms with Crippen molar-refractivity contribution in [1.29, 1.82) is 0 Å². The zero-order valence-electron chi connectivity index (χ0n) is 26.1. The maximum atomic E-state index is 8.61. The molecule has 1 fully saturated rings. The first-order valence-corrected chi connectivity index (χ1v) is 12.5. The topological polar surface area (TPSA) is 21.4 Å². The van der Waals surface area contributed by atoms with Crippen LogP contribution in [0.3, 0.4) is 0 Å². The van der Waals surface area contributed by atoms with Crippen LogP contribution < -0.4 is 4.57 Å². The second-order valence-corrected chi connectivity index (χ2v) is 9.94. The van der Waals surface area contributed by atoms with Crippen LogP contribution in [0.25, 0.3) is 49.2 Å². The van der Waals surface area contributed by atoms with E-state index in [9.17, 15) is 0 Å². The lowest BCUT2D eigenvalue weighted by atomic mass is 9.90. The van der Waals surface area contributed by atoms with Crippen LogP contribution in [0.15, 0.2) is 65.0 Å². The van der Waals surface area contributed by atoms with E-state index >= 15 is 0 Å². The van der Waals surface area contributed by atoms with Gasteiger partial charge in [-0.25, -0.2) is 4.85 Å². The molecule has 2 heterocycles. The number of fused-ring (bicyclic) bond motifs is 3. The molecule has 0 spiro atoms. The van der Waals surface area contributed by atoms with Crippen LogP contribution in [0, 0.1) is 27.3 Å². The van der Waals surface area contributed by atoms with Crippen LogP contribution in [0.5, 0.6) is 0 Å².